The minimum atomic E-state index is -1.29. The summed E-state index contributed by atoms with van der Waals surface area (Å²) in [6, 6.07) is 8.23. The molecule has 1 fully saturated rings. The average molecular weight is 338 g/mol. The molecule has 1 aromatic carbocycles. The van der Waals surface area contributed by atoms with Crippen LogP contribution in [0.4, 0.5) is 0 Å². The van der Waals surface area contributed by atoms with Gasteiger partial charge in [-0.05, 0) is 0 Å². The molecule has 1 aromatic rings. The van der Waals surface area contributed by atoms with Crippen LogP contribution in [0.2, 0.25) is 0 Å². The number of nitrogens with zero attached hydrogens (tertiary/aromatic N) is 1. The maximum absolute atomic E-state index is 12.4. The van der Waals surface area contributed by atoms with Gasteiger partial charge in [0.05, 0.1) is 24.1 Å². The Labute approximate surface area is 137 Å². The molecule has 3 rings (SSSR count). The second-order valence-electron chi connectivity index (χ2n) is 5.58. The van der Waals surface area contributed by atoms with Gasteiger partial charge in [-0.15, -0.1) is 11.8 Å². The van der Waals surface area contributed by atoms with Gasteiger partial charge in [0.25, 0.3) is 0 Å². The maximum Gasteiger partial charge on any atom is 0.240 e. The average Bonchev–Trinajstić information content (AvgIpc) is 2.58. The number of amidine groups is 1. The lowest BCUT2D eigenvalue weighted by Crippen LogP contribution is -2.62. The number of hydrogen-bond donors (Lipinski definition) is 5. The summed E-state index contributed by atoms with van der Waals surface area (Å²) < 4.78 is 0. The molecule has 2 aliphatic heterocycles. The highest BCUT2D eigenvalue weighted by Crippen LogP contribution is 2.37. The topological polar surface area (TPSA) is 122 Å². The van der Waals surface area contributed by atoms with E-state index >= 15 is 0 Å². The molecule has 23 heavy (non-hydrogen) atoms. The molecule has 0 saturated carbocycles. The molecule has 124 valence electrons. The summed E-state index contributed by atoms with van der Waals surface area (Å²) in [5.74, 6) is 0.0137. The van der Waals surface area contributed by atoms with E-state index in [0.29, 0.717) is 11.4 Å². The lowest BCUT2D eigenvalue weighted by atomic mass is 9.95. The Hall–Kier alpha value is -1.45. The monoisotopic (exact) mass is 338 g/mol. The second-order valence-corrected chi connectivity index (χ2v) is 6.90. The smallest absolute Gasteiger partial charge is 0.240 e. The van der Waals surface area contributed by atoms with E-state index in [0.717, 1.165) is 11.8 Å². The molecule has 7 nitrogen and oxygen atoms in total. The molecule has 3 unspecified atom stereocenters. The molecule has 0 radical (unpaired) electrons. The fourth-order valence-electron chi connectivity index (χ4n) is 2.80. The van der Waals surface area contributed by atoms with Crippen LogP contribution in [0.3, 0.4) is 0 Å². The maximum atomic E-state index is 12.4. The number of carbonyl (C=O) groups excluding carboxylic acids is 1. The van der Waals surface area contributed by atoms with Crippen LogP contribution in [0.1, 0.15) is 5.56 Å². The third kappa shape index (κ3) is 3.00. The summed E-state index contributed by atoms with van der Waals surface area (Å²) in [7, 11) is 0. The van der Waals surface area contributed by atoms with Crippen molar-refractivity contribution in [1.29, 1.82) is 0 Å². The number of aliphatic imine (C=N–C) groups is 1. The molecule has 0 spiro atoms. The highest BCUT2D eigenvalue weighted by molar-refractivity contribution is 8.01. The molecule has 1 saturated heterocycles. The molecular formula is C15H18N2O5S. The van der Waals surface area contributed by atoms with E-state index in [4.69, 9.17) is 5.11 Å². The Balaban J connectivity index is 1.90. The molecule has 0 bridgehead atoms. The van der Waals surface area contributed by atoms with E-state index in [1.807, 2.05) is 18.2 Å². The fourth-order valence-corrected chi connectivity index (χ4v) is 4.29. The van der Waals surface area contributed by atoms with E-state index in [9.17, 15) is 20.1 Å². The number of aliphatic hydroxyl groups is 4. The highest BCUT2D eigenvalue weighted by Gasteiger charge is 2.50. The van der Waals surface area contributed by atoms with Crippen molar-refractivity contribution in [3.63, 3.8) is 0 Å². The third-order valence-electron chi connectivity index (χ3n) is 4.04. The van der Waals surface area contributed by atoms with Crippen molar-refractivity contribution in [2.45, 2.75) is 34.9 Å². The van der Waals surface area contributed by atoms with Gasteiger partial charge in [0.1, 0.15) is 23.2 Å². The lowest BCUT2D eigenvalue weighted by Gasteiger charge is -2.43. The quantitative estimate of drug-likeness (QED) is 0.457. The van der Waals surface area contributed by atoms with Crippen molar-refractivity contribution in [3.05, 3.63) is 35.9 Å². The second kappa shape index (κ2) is 6.58. The standard InChI is InChI=1S/C15H18N2O5S/c18-6-8(19)12-11(21)10(20)9-13(23-12)15(22)17-14(16-9)7-4-2-1-3-5-7/h1-5,8-13,18-21H,6H2,(H,16,17,22)/t8-,9?,10-,11+,12?,13?/m1/s1. The van der Waals surface area contributed by atoms with Crippen molar-refractivity contribution in [1.82, 2.24) is 5.32 Å². The Morgan fingerprint density at radius 2 is 1.91 bits per heavy atom. The lowest BCUT2D eigenvalue weighted by molar-refractivity contribution is -0.121. The summed E-state index contributed by atoms with van der Waals surface area (Å²) in [5.41, 5.74) is 0.712. The number of rotatable bonds is 3. The third-order valence-corrected chi connectivity index (χ3v) is 5.74. The summed E-state index contributed by atoms with van der Waals surface area (Å²) in [5, 5.41) is 40.4. The van der Waals surface area contributed by atoms with Crippen LogP contribution in [-0.2, 0) is 4.79 Å². The van der Waals surface area contributed by atoms with E-state index in [2.05, 4.69) is 10.3 Å². The van der Waals surface area contributed by atoms with Crippen molar-refractivity contribution in [2.24, 2.45) is 4.99 Å². The first-order chi connectivity index (χ1) is 11.0. The van der Waals surface area contributed by atoms with Crippen molar-refractivity contribution in [2.75, 3.05) is 6.61 Å². The minimum absolute atomic E-state index is 0.338. The van der Waals surface area contributed by atoms with Gasteiger partial charge in [-0.3, -0.25) is 9.79 Å². The Kier molecular flexibility index (Phi) is 4.69. The summed E-state index contributed by atoms with van der Waals surface area (Å²) in [4.78, 5) is 16.8. The number of aliphatic hydroxyl groups excluding tert-OH is 4. The molecular weight excluding hydrogens is 320 g/mol. The van der Waals surface area contributed by atoms with Gasteiger partial charge in [-0.2, -0.15) is 0 Å². The highest BCUT2D eigenvalue weighted by atomic mass is 32.2. The number of nitrogens with one attached hydrogen (secondary N) is 1. The zero-order valence-electron chi connectivity index (χ0n) is 12.1. The van der Waals surface area contributed by atoms with Gasteiger partial charge in [0.15, 0.2) is 0 Å². The van der Waals surface area contributed by atoms with Crippen LogP contribution in [0.25, 0.3) is 0 Å². The number of carbonyl (C=O) groups is 1. The fraction of sp³-hybridized carbons (Fsp3) is 0.467. The number of fused-ring (bicyclic) bond motifs is 1. The Morgan fingerprint density at radius 3 is 2.57 bits per heavy atom. The van der Waals surface area contributed by atoms with Gasteiger partial charge in [-0.25, -0.2) is 0 Å². The number of thioether (sulfide) groups is 1. The largest absolute Gasteiger partial charge is 0.394 e. The van der Waals surface area contributed by atoms with Gasteiger partial charge in [0, 0.05) is 5.56 Å². The number of amides is 1. The predicted molar refractivity (Wildman–Crippen MR) is 85.2 cm³/mol. The van der Waals surface area contributed by atoms with Crippen LogP contribution >= 0.6 is 11.8 Å². The zero-order chi connectivity index (χ0) is 16.6. The SMILES string of the molecule is O=C1NC(c2ccccc2)=NC2C1SC([C@H](O)CO)[C@@H](O)[C@@H]2O. The van der Waals surface area contributed by atoms with Crippen molar-refractivity contribution >= 4 is 23.5 Å². The molecule has 2 heterocycles. The van der Waals surface area contributed by atoms with Gasteiger partial charge in [-0.1, -0.05) is 30.3 Å². The van der Waals surface area contributed by atoms with E-state index in [-0.39, 0.29) is 5.91 Å². The van der Waals surface area contributed by atoms with Crippen LogP contribution < -0.4 is 5.32 Å². The molecule has 0 aliphatic carbocycles. The van der Waals surface area contributed by atoms with E-state index in [1.54, 1.807) is 12.1 Å². The summed E-state index contributed by atoms with van der Waals surface area (Å²) >= 11 is 1.03. The van der Waals surface area contributed by atoms with E-state index < -0.39 is 41.5 Å². The first-order valence-corrected chi connectivity index (χ1v) is 8.22. The van der Waals surface area contributed by atoms with Gasteiger partial charge in [0.2, 0.25) is 5.91 Å². The Morgan fingerprint density at radius 1 is 1.22 bits per heavy atom. The van der Waals surface area contributed by atoms with Crippen LogP contribution in [-0.4, -0.2) is 73.6 Å². The summed E-state index contributed by atoms with van der Waals surface area (Å²) in [6.07, 6.45) is -3.80. The molecule has 0 aromatic heterocycles. The van der Waals surface area contributed by atoms with Crippen LogP contribution in [0.15, 0.2) is 35.3 Å². The normalized spacial score (nSPS) is 35.0. The van der Waals surface area contributed by atoms with Gasteiger partial charge >= 0.3 is 0 Å². The Bertz CT molecular complexity index is 611. The van der Waals surface area contributed by atoms with E-state index in [1.165, 1.54) is 0 Å². The molecule has 5 N–H and O–H groups in total. The predicted octanol–water partition coefficient (Wildman–Crippen LogP) is -1.51. The first-order valence-electron chi connectivity index (χ1n) is 7.27. The molecule has 1 amide bonds. The van der Waals surface area contributed by atoms with Crippen molar-refractivity contribution < 1.29 is 25.2 Å². The number of benzene rings is 1. The summed E-state index contributed by atoms with van der Waals surface area (Å²) in [6.45, 7) is -0.557. The minimum Gasteiger partial charge on any atom is -0.394 e. The molecule has 2 aliphatic rings. The van der Waals surface area contributed by atoms with Crippen LogP contribution in [0.5, 0.6) is 0 Å². The molecule has 6 atom stereocenters. The number of hydrogen-bond acceptors (Lipinski definition) is 7. The van der Waals surface area contributed by atoms with Crippen molar-refractivity contribution in [3.8, 4) is 0 Å². The first kappa shape index (κ1) is 16.4. The molecule has 8 heteroatoms. The van der Waals surface area contributed by atoms with Crippen LogP contribution in [0, 0.1) is 0 Å². The van der Waals surface area contributed by atoms with Gasteiger partial charge < -0.3 is 25.7 Å². The zero-order valence-corrected chi connectivity index (χ0v) is 12.9.